The minimum absolute atomic E-state index is 0.691. The molecule has 0 aromatic rings. The van der Waals surface area contributed by atoms with E-state index >= 15 is 0 Å². The molecule has 0 aromatic carbocycles. The summed E-state index contributed by atoms with van der Waals surface area (Å²) >= 11 is 13.2. The van der Waals surface area contributed by atoms with Crippen molar-refractivity contribution in [1.29, 1.82) is 0 Å². The third kappa shape index (κ3) is 45.3. The van der Waals surface area contributed by atoms with Crippen LogP contribution in [0.1, 0.15) is 0 Å². The number of rotatable bonds is 3. The molecule has 0 saturated heterocycles. The fourth-order valence-corrected chi connectivity index (χ4v) is 0.167. The molecular weight excluding hydrogens is 448 g/mol. The molecule has 7 heteroatoms. The van der Waals surface area contributed by atoms with Gasteiger partial charge in [-0.3, -0.25) is 0 Å². The molecule has 0 heterocycles. The predicted octanol–water partition coefficient (Wildman–Crippen LogP) is 3.66. The van der Waals surface area contributed by atoms with Crippen molar-refractivity contribution in [3.63, 3.8) is 0 Å². The molecule has 0 spiro atoms. The topological polar surface area (TPSA) is 18.5 Å². The zero-order chi connectivity index (χ0) is 9.33. The summed E-state index contributed by atoms with van der Waals surface area (Å²) in [5, 5.41) is 0. The average Bonchev–Trinajstić information content (AvgIpc) is 1.79. The molecule has 2 nitrogen and oxygen atoms in total. The summed E-state index contributed by atoms with van der Waals surface area (Å²) in [6.07, 6.45) is 0. The van der Waals surface area contributed by atoms with E-state index < -0.39 is 8.21 Å². The molecule has 0 saturated carbocycles. The molecule has 0 rings (SSSR count). The van der Waals surface area contributed by atoms with Crippen molar-refractivity contribution >= 4 is 52.6 Å². The van der Waals surface area contributed by atoms with E-state index in [1.165, 1.54) is 0 Å². The van der Waals surface area contributed by atoms with Gasteiger partial charge in [0.25, 0.3) is 0 Å². The molecule has 0 radical (unpaired) electrons. The fraction of sp³-hybridized carbons (Fsp3) is 1.00. The van der Waals surface area contributed by atoms with Crippen LogP contribution in [0.15, 0.2) is 0 Å². The van der Waals surface area contributed by atoms with Crippen molar-refractivity contribution in [2.24, 2.45) is 0 Å². The zero-order valence-electron chi connectivity index (χ0n) is 6.24. The molecule has 0 aliphatic rings. The van der Waals surface area contributed by atoms with E-state index in [1.807, 2.05) is 0 Å². The fourth-order valence-electron chi connectivity index (χ4n) is 0.167. The van der Waals surface area contributed by atoms with Crippen molar-refractivity contribution in [2.45, 2.75) is 0 Å². The normalized spacial score (nSPS) is 10.4. The second-order valence-corrected chi connectivity index (χ2v) is 48.7. The van der Waals surface area contributed by atoms with Gasteiger partial charge < -0.3 is 9.47 Å². The van der Waals surface area contributed by atoms with Crippen LogP contribution in [-0.4, -0.2) is 27.4 Å². The molecule has 70 valence electrons. The van der Waals surface area contributed by atoms with Gasteiger partial charge in [-0.1, -0.05) is 0 Å². The van der Waals surface area contributed by atoms with Crippen LogP contribution in [-0.2, 0) is 17.7 Å². The second-order valence-electron chi connectivity index (χ2n) is 1.41. The summed E-state index contributed by atoms with van der Waals surface area (Å²) in [5.74, 6) is 0. The molecule has 0 aliphatic heterocycles. The van der Waals surface area contributed by atoms with Crippen molar-refractivity contribution in [3.8, 4) is 0 Å². The van der Waals surface area contributed by atoms with Crippen molar-refractivity contribution < 1.29 is 17.7 Å². The van der Waals surface area contributed by atoms with Gasteiger partial charge in [0.2, 0.25) is 0 Å². The number of halogens is 4. The Balaban J connectivity index is 0. The maximum atomic E-state index is 4.66. The van der Waals surface area contributed by atoms with Gasteiger partial charge in [-0.2, -0.15) is 0 Å². The monoisotopic (exact) mass is 454 g/mol. The Morgan fingerprint density at radius 1 is 0.909 bits per heavy atom. The Labute approximate surface area is 96.3 Å². The molecule has 11 heavy (non-hydrogen) atoms. The summed E-state index contributed by atoms with van der Waals surface area (Å²) in [6, 6.07) is 0. The SMILES string of the molecule is COCCOC.[Br][Ti]([Br])([Br])[Br]. The Morgan fingerprint density at radius 2 is 1.09 bits per heavy atom. The number of methoxy groups -OCH3 is 2. The first-order valence-electron chi connectivity index (χ1n) is 2.65. The van der Waals surface area contributed by atoms with Gasteiger partial charge in [-0.25, -0.2) is 0 Å². The van der Waals surface area contributed by atoms with Crippen LogP contribution in [0, 0.1) is 0 Å². The van der Waals surface area contributed by atoms with E-state index in [0.717, 1.165) is 0 Å². The van der Waals surface area contributed by atoms with Crippen molar-refractivity contribution in [1.82, 2.24) is 0 Å². The molecule has 0 bridgehead atoms. The zero-order valence-corrected chi connectivity index (χ0v) is 14.1. The van der Waals surface area contributed by atoms with Gasteiger partial charge >= 0.3 is 60.9 Å². The Hall–Kier alpha value is 2.55. The van der Waals surface area contributed by atoms with Gasteiger partial charge in [-0.05, 0) is 0 Å². The quantitative estimate of drug-likeness (QED) is 0.476. The summed E-state index contributed by atoms with van der Waals surface area (Å²) in [7, 11) is 1.55. The first-order chi connectivity index (χ1) is 4.91. The summed E-state index contributed by atoms with van der Waals surface area (Å²) in [5.41, 5.74) is 0. The molecule has 0 aromatic heterocycles. The summed E-state index contributed by atoms with van der Waals surface area (Å²) in [4.78, 5) is 0. The van der Waals surface area contributed by atoms with Gasteiger partial charge in [0.15, 0.2) is 0 Å². The van der Waals surface area contributed by atoms with E-state index in [-0.39, 0.29) is 0 Å². The maximum absolute atomic E-state index is 4.66. The second kappa shape index (κ2) is 10.6. The summed E-state index contributed by atoms with van der Waals surface area (Å²) in [6.45, 7) is 1.38. The molecule has 0 aliphatic carbocycles. The first-order valence-corrected chi connectivity index (χ1v) is 18.1. The van der Waals surface area contributed by atoms with Crippen LogP contribution in [0.3, 0.4) is 0 Å². The van der Waals surface area contributed by atoms with Gasteiger partial charge in [-0.15, -0.1) is 0 Å². The van der Waals surface area contributed by atoms with Crippen LogP contribution in [0.4, 0.5) is 0 Å². The van der Waals surface area contributed by atoms with Crippen LogP contribution < -0.4 is 0 Å². The van der Waals surface area contributed by atoms with E-state index in [4.69, 9.17) is 0 Å². The van der Waals surface area contributed by atoms with Gasteiger partial charge in [0, 0.05) is 14.2 Å². The molecule has 0 fully saturated rings. The molecular formula is C4H10Br4O2Ti. The van der Waals surface area contributed by atoms with Crippen LogP contribution in [0.2, 0.25) is 0 Å². The Bertz CT molecular complexity index is 67.0. The van der Waals surface area contributed by atoms with Gasteiger partial charge in [0.1, 0.15) is 0 Å². The van der Waals surface area contributed by atoms with Crippen LogP contribution >= 0.6 is 52.6 Å². The van der Waals surface area contributed by atoms with Crippen LogP contribution in [0.5, 0.6) is 0 Å². The number of ether oxygens (including phenoxy) is 2. The third-order valence-corrected chi connectivity index (χ3v) is 0.492. The van der Waals surface area contributed by atoms with Crippen molar-refractivity contribution in [3.05, 3.63) is 0 Å². The summed E-state index contributed by atoms with van der Waals surface area (Å²) < 4.78 is 9.31. The standard InChI is InChI=1S/C4H10O2.4BrH.Ti/c1-5-3-4-6-2;;;;;/h3-4H2,1-2H3;4*1H;/q;;;;;+4/p-4. The van der Waals surface area contributed by atoms with Gasteiger partial charge in [0.05, 0.1) is 13.2 Å². The average molecular weight is 458 g/mol. The van der Waals surface area contributed by atoms with E-state index in [1.54, 1.807) is 14.2 Å². The predicted molar refractivity (Wildman–Crippen MR) is 59.5 cm³/mol. The van der Waals surface area contributed by atoms with E-state index in [9.17, 15) is 0 Å². The van der Waals surface area contributed by atoms with Crippen molar-refractivity contribution in [2.75, 3.05) is 27.4 Å². The minimum atomic E-state index is -1.75. The Kier molecular flexibility index (Phi) is 15.5. The molecule has 0 amide bonds. The molecule has 0 atom stereocenters. The first kappa shape index (κ1) is 16.0. The molecule has 0 N–H and O–H groups in total. The number of hydrogen-bond donors (Lipinski definition) is 0. The Morgan fingerprint density at radius 3 is 1.18 bits per heavy atom. The van der Waals surface area contributed by atoms with E-state index in [2.05, 4.69) is 62.1 Å². The third-order valence-electron chi connectivity index (χ3n) is 0.492. The number of hydrogen-bond acceptors (Lipinski definition) is 2. The van der Waals surface area contributed by atoms with E-state index in [0.29, 0.717) is 13.2 Å². The molecule has 0 unspecified atom stereocenters. The van der Waals surface area contributed by atoms with Crippen LogP contribution in [0.25, 0.3) is 0 Å².